The number of rotatable bonds is 4. The van der Waals surface area contributed by atoms with Gasteiger partial charge in [-0.2, -0.15) is 0 Å². The van der Waals surface area contributed by atoms with E-state index in [0.717, 1.165) is 25.7 Å². The Morgan fingerprint density at radius 3 is 2.27 bits per heavy atom. The lowest BCUT2D eigenvalue weighted by Gasteiger charge is -2.48. The second kappa shape index (κ2) is 7.76. The largest absolute Gasteiger partial charge is 0.465 e. The quantitative estimate of drug-likeness (QED) is 0.784. The maximum atomic E-state index is 12.9. The normalized spacial score (nSPS) is 26.1. The molecule has 2 aromatic rings. The Bertz CT molecular complexity index is 934. The van der Waals surface area contributed by atoms with E-state index in [4.69, 9.17) is 4.74 Å². The third-order valence-electron chi connectivity index (χ3n) is 6.88. The van der Waals surface area contributed by atoms with E-state index in [-0.39, 0.29) is 17.1 Å². The Morgan fingerprint density at radius 1 is 1.00 bits per heavy atom. The number of hydrogen-bond acceptors (Lipinski definition) is 4. The third-order valence-corrected chi connectivity index (χ3v) is 6.88. The first-order valence-corrected chi connectivity index (χ1v) is 10.4. The van der Waals surface area contributed by atoms with E-state index in [2.05, 4.69) is 48.6 Å². The maximum absolute atomic E-state index is 12.9. The van der Waals surface area contributed by atoms with E-state index in [9.17, 15) is 9.59 Å². The molecule has 1 spiro atoms. The summed E-state index contributed by atoms with van der Waals surface area (Å²) in [6.45, 7) is 0.554. The van der Waals surface area contributed by atoms with Crippen LogP contribution in [-0.2, 0) is 10.3 Å². The van der Waals surface area contributed by atoms with E-state index in [0.29, 0.717) is 17.8 Å². The SMILES string of the molecule is COC(=O)c1ccccc1N1C[C@]2(CC[C@@](c3ccccc3)(N(C)C)CC2)NC1=O. The molecule has 2 amide bonds. The molecule has 4 rings (SSSR count). The van der Waals surface area contributed by atoms with Crippen molar-refractivity contribution in [3.05, 3.63) is 65.7 Å². The highest BCUT2D eigenvalue weighted by Gasteiger charge is 2.50. The fourth-order valence-electron chi connectivity index (χ4n) is 5.06. The predicted molar refractivity (Wildman–Crippen MR) is 117 cm³/mol. The molecule has 2 aromatic carbocycles. The standard InChI is InChI=1S/C24H29N3O3/c1-26(2)24(18-9-5-4-6-10-18)15-13-23(14-16-24)17-27(22(29)25-23)20-12-8-7-11-19(20)21(28)30-3/h4-12H,13-17H2,1-3H3,(H,25,29)/t23-,24-. The first-order valence-electron chi connectivity index (χ1n) is 10.4. The molecule has 6 nitrogen and oxygen atoms in total. The molecule has 6 heteroatoms. The van der Waals surface area contributed by atoms with Crippen molar-refractivity contribution in [2.24, 2.45) is 0 Å². The summed E-state index contributed by atoms with van der Waals surface area (Å²) in [5.74, 6) is -0.432. The highest BCUT2D eigenvalue weighted by Crippen LogP contribution is 2.46. The van der Waals surface area contributed by atoms with Gasteiger partial charge < -0.3 is 10.1 Å². The highest BCUT2D eigenvalue weighted by molar-refractivity contribution is 6.03. The molecule has 158 valence electrons. The number of hydrogen-bond donors (Lipinski definition) is 1. The Hall–Kier alpha value is -2.86. The number of nitrogens with zero attached hydrogens (tertiary/aromatic N) is 2. The summed E-state index contributed by atoms with van der Waals surface area (Å²) in [5, 5.41) is 3.25. The zero-order valence-electron chi connectivity index (χ0n) is 17.9. The second-order valence-corrected chi connectivity index (χ2v) is 8.60. The summed E-state index contributed by atoms with van der Waals surface area (Å²) in [7, 11) is 5.63. The Morgan fingerprint density at radius 2 is 1.63 bits per heavy atom. The van der Waals surface area contributed by atoms with E-state index in [1.165, 1.54) is 12.7 Å². The van der Waals surface area contributed by atoms with Crippen LogP contribution in [0.25, 0.3) is 0 Å². The van der Waals surface area contributed by atoms with Gasteiger partial charge in [0, 0.05) is 5.54 Å². The fraction of sp³-hybridized carbons (Fsp3) is 0.417. The van der Waals surface area contributed by atoms with Crippen LogP contribution in [0.4, 0.5) is 10.5 Å². The van der Waals surface area contributed by atoms with Crippen LogP contribution in [-0.4, -0.2) is 50.2 Å². The molecule has 2 aliphatic rings. The van der Waals surface area contributed by atoms with Gasteiger partial charge in [-0.1, -0.05) is 42.5 Å². The van der Waals surface area contributed by atoms with E-state index in [1.807, 2.05) is 18.2 Å². The van der Waals surface area contributed by atoms with Crippen molar-refractivity contribution < 1.29 is 14.3 Å². The lowest BCUT2D eigenvalue weighted by atomic mass is 9.69. The minimum Gasteiger partial charge on any atom is -0.465 e. The molecule has 0 atom stereocenters. The van der Waals surface area contributed by atoms with Gasteiger partial charge in [0.25, 0.3) is 0 Å². The van der Waals surface area contributed by atoms with Crippen LogP contribution in [0.2, 0.25) is 0 Å². The van der Waals surface area contributed by atoms with Gasteiger partial charge in [-0.25, -0.2) is 9.59 Å². The van der Waals surface area contributed by atoms with Gasteiger partial charge in [0.2, 0.25) is 0 Å². The molecule has 1 aliphatic heterocycles. The summed E-state index contributed by atoms with van der Waals surface area (Å²) in [4.78, 5) is 29.1. The fourth-order valence-corrected chi connectivity index (χ4v) is 5.06. The number of para-hydroxylation sites is 1. The summed E-state index contributed by atoms with van der Waals surface area (Å²) in [5.41, 5.74) is 2.02. The van der Waals surface area contributed by atoms with Crippen molar-refractivity contribution in [1.82, 2.24) is 10.2 Å². The van der Waals surface area contributed by atoms with Crippen LogP contribution in [0.1, 0.15) is 41.6 Å². The summed E-state index contributed by atoms with van der Waals surface area (Å²) in [6.07, 6.45) is 3.67. The molecule has 1 saturated carbocycles. The number of anilines is 1. The Labute approximate surface area is 177 Å². The lowest BCUT2D eigenvalue weighted by molar-refractivity contribution is 0.0601. The summed E-state index contributed by atoms with van der Waals surface area (Å²) in [6, 6.07) is 17.6. The minimum atomic E-state index is -0.432. The van der Waals surface area contributed by atoms with Crippen LogP contribution in [0.3, 0.4) is 0 Å². The van der Waals surface area contributed by atoms with Crippen LogP contribution in [0, 0.1) is 0 Å². The Balaban J connectivity index is 1.58. The van der Waals surface area contributed by atoms with Crippen molar-refractivity contribution in [2.75, 3.05) is 32.6 Å². The molecule has 1 heterocycles. The van der Waals surface area contributed by atoms with Gasteiger partial charge in [0.1, 0.15) is 0 Å². The topological polar surface area (TPSA) is 61.9 Å². The number of nitrogens with one attached hydrogen (secondary N) is 1. The zero-order chi connectivity index (χ0) is 21.4. The third kappa shape index (κ3) is 3.35. The molecule has 0 unspecified atom stereocenters. The number of benzene rings is 2. The molecular formula is C24H29N3O3. The monoisotopic (exact) mass is 407 g/mol. The minimum absolute atomic E-state index is 0.0332. The van der Waals surface area contributed by atoms with Crippen LogP contribution < -0.4 is 10.2 Å². The molecule has 0 bridgehead atoms. The van der Waals surface area contributed by atoms with Gasteiger partial charge in [-0.3, -0.25) is 9.80 Å². The second-order valence-electron chi connectivity index (χ2n) is 8.60. The number of methoxy groups -OCH3 is 1. The number of carbonyl (C=O) groups excluding carboxylic acids is 2. The average molecular weight is 408 g/mol. The highest BCUT2D eigenvalue weighted by atomic mass is 16.5. The predicted octanol–water partition coefficient (Wildman–Crippen LogP) is 3.77. The molecule has 1 saturated heterocycles. The van der Waals surface area contributed by atoms with Crippen molar-refractivity contribution >= 4 is 17.7 Å². The molecule has 0 radical (unpaired) electrons. The van der Waals surface area contributed by atoms with Crippen molar-refractivity contribution in [3.63, 3.8) is 0 Å². The number of urea groups is 1. The van der Waals surface area contributed by atoms with Gasteiger partial charge in [0.15, 0.2) is 0 Å². The first kappa shape index (κ1) is 20.4. The van der Waals surface area contributed by atoms with E-state index >= 15 is 0 Å². The number of ether oxygens (including phenoxy) is 1. The number of amides is 2. The van der Waals surface area contributed by atoms with Crippen molar-refractivity contribution in [3.8, 4) is 0 Å². The average Bonchev–Trinajstić information content (AvgIpc) is 3.10. The maximum Gasteiger partial charge on any atom is 0.339 e. The van der Waals surface area contributed by atoms with Gasteiger partial charge in [-0.05, 0) is 57.5 Å². The number of esters is 1. The van der Waals surface area contributed by atoms with Crippen molar-refractivity contribution in [1.29, 1.82) is 0 Å². The molecule has 0 aromatic heterocycles. The van der Waals surface area contributed by atoms with E-state index < -0.39 is 5.97 Å². The molecule has 1 N–H and O–H groups in total. The zero-order valence-corrected chi connectivity index (χ0v) is 17.9. The molecule has 2 fully saturated rings. The molecule has 30 heavy (non-hydrogen) atoms. The van der Waals surface area contributed by atoms with Gasteiger partial charge in [0.05, 0.1) is 30.4 Å². The van der Waals surface area contributed by atoms with Crippen LogP contribution >= 0.6 is 0 Å². The van der Waals surface area contributed by atoms with Gasteiger partial charge in [-0.15, -0.1) is 0 Å². The smallest absolute Gasteiger partial charge is 0.339 e. The molecular weight excluding hydrogens is 378 g/mol. The summed E-state index contributed by atoms with van der Waals surface area (Å²) < 4.78 is 4.91. The summed E-state index contributed by atoms with van der Waals surface area (Å²) >= 11 is 0. The molecule has 1 aliphatic carbocycles. The van der Waals surface area contributed by atoms with Crippen LogP contribution in [0.15, 0.2) is 54.6 Å². The van der Waals surface area contributed by atoms with Gasteiger partial charge >= 0.3 is 12.0 Å². The van der Waals surface area contributed by atoms with Crippen molar-refractivity contribution in [2.45, 2.75) is 36.8 Å². The number of carbonyl (C=O) groups is 2. The van der Waals surface area contributed by atoms with Crippen LogP contribution in [0.5, 0.6) is 0 Å². The lowest BCUT2D eigenvalue weighted by Crippen LogP contribution is -2.54. The first-order chi connectivity index (χ1) is 14.4. The van der Waals surface area contributed by atoms with E-state index in [1.54, 1.807) is 17.0 Å². The Kier molecular flexibility index (Phi) is 5.28.